The van der Waals surface area contributed by atoms with Gasteiger partial charge in [0.2, 0.25) is 0 Å². The van der Waals surface area contributed by atoms with Crippen LogP contribution in [0, 0.1) is 0 Å². The van der Waals surface area contributed by atoms with Crippen molar-refractivity contribution in [3.05, 3.63) is 18.0 Å². The molecule has 0 saturated carbocycles. The third-order valence-electron chi connectivity index (χ3n) is 2.00. The monoisotopic (exact) mass is 221 g/mol. The zero-order chi connectivity index (χ0) is 11.5. The van der Waals surface area contributed by atoms with Gasteiger partial charge in [0.05, 0.1) is 6.20 Å². The topological polar surface area (TPSA) is 29.9 Å². The Hall–Kier alpha value is -1.04. The lowest BCUT2D eigenvalue weighted by Crippen LogP contribution is -2.19. The average molecular weight is 221 g/mol. The molecule has 0 amide bonds. The normalized spacial score (nSPS) is 14.2. The molecule has 0 aliphatic rings. The minimum Gasteiger partial charge on any atom is -0.310 e. The summed E-state index contributed by atoms with van der Waals surface area (Å²) in [6.07, 6.45) is -1.34. The molecule has 0 radical (unpaired) electrons. The third kappa shape index (κ3) is 3.91. The van der Waals surface area contributed by atoms with Crippen LogP contribution in [0.3, 0.4) is 0 Å². The van der Waals surface area contributed by atoms with Gasteiger partial charge < -0.3 is 5.32 Å². The van der Waals surface area contributed by atoms with Crippen molar-refractivity contribution < 1.29 is 13.2 Å². The third-order valence-corrected chi connectivity index (χ3v) is 2.00. The summed E-state index contributed by atoms with van der Waals surface area (Å²) in [5.41, 5.74) is 0.765. The molecule has 0 aliphatic heterocycles. The van der Waals surface area contributed by atoms with Crippen LogP contribution in [0.25, 0.3) is 0 Å². The number of hydrogen-bond acceptors (Lipinski definition) is 2. The Morgan fingerprint density at radius 3 is 2.73 bits per heavy atom. The maximum Gasteiger partial charge on any atom is 0.408 e. The summed E-state index contributed by atoms with van der Waals surface area (Å²) >= 11 is 0. The van der Waals surface area contributed by atoms with Crippen LogP contribution in [0.15, 0.2) is 12.4 Å². The summed E-state index contributed by atoms with van der Waals surface area (Å²) in [4.78, 5) is 0. The molecule has 1 aromatic heterocycles. The van der Waals surface area contributed by atoms with Crippen molar-refractivity contribution >= 4 is 0 Å². The van der Waals surface area contributed by atoms with Crippen molar-refractivity contribution in [2.45, 2.75) is 32.6 Å². The minimum absolute atomic E-state index is 0.0250. The van der Waals surface area contributed by atoms with Crippen LogP contribution < -0.4 is 5.32 Å². The summed E-state index contributed by atoms with van der Waals surface area (Å²) in [6.45, 7) is 3.56. The van der Waals surface area contributed by atoms with E-state index in [4.69, 9.17) is 0 Å². The molecule has 1 N–H and O–H groups in total. The number of halogens is 3. The molecule has 1 unspecified atom stereocenters. The van der Waals surface area contributed by atoms with Gasteiger partial charge in [0.15, 0.2) is 0 Å². The Kier molecular flexibility index (Phi) is 3.73. The van der Waals surface area contributed by atoms with Crippen molar-refractivity contribution in [1.82, 2.24) is 15.1 Å². The van der Waals surface area contributed by atoms with Crippen molar-refractivity contribution in [1.29, 1.82) is 0 Å². The van der Waals surface area contributed by atoms with Crippen LogP contribution in [0.5, 0.6) is 0 Å². The highest BCUT2D eigenvalue weighted by molar-refractivity contribution is 5.09. The summed E-state index contributed by atoms with van der Waals surface area (Å²) in [5, 5.41) is 6.76. The van der Waals surface area contributed by atoms with Gasteiger partial charge in [-0.1, -0.05) is 6.92 Å². The highest BCUT2D eigenvalue weighted by Crippen LogP contribution is 2.18. The van der Waals surface area contributed by atoms with E-state index in [2.05, 4.69) is 10.4 Å². The van der Waals surface area contributed by atoms with E-state index in [1.807, 2.05) is 13.8 Å². The van der Waals surface area contributed by atoms with Gasteiger partial charge in [0, 0.05) is 17.8 Å². The molecule has 3 nitrogen and oxygen atoms in total. The molecule has 0 fully saturated rings. The van der Waals surface area contributed by atoms with Gasteiger partial charge in [-0.3, -0.25) is 4.68 Å². The molecule has 0 bridgehead atoms. The quantitative estimate of drug-likeness (QED) is 0.844. The average Bonchev–Trinajstić information content (AvgIpc) is 2.50. The van der Waals surface area contributed by atoms with Crippen LogP contribution in [-0.4, -0.2) is 22.5 Å². The van der Waals surface area contributed by atoms with Crippen LogP contribution >= 0.6 is 0 Å². The van der Waals surface area contributed by atoms with Crippen molar-refractivity contribution in [2.75, 3.05) is 6.54 Å². The molecular formula is C9H14F3N3. The first-order valence-electron chi connectivity index (χ1n) is 4.75. The lowest BCUT2D eigenvalue weighted by Gasteiger charge is -2.09. The fourth-order valence-corrected chi connectivity index (χ4v) is 1.30. The number of aromatic nitrogens is 2. The molecule has 1 aromatic rings. The van der Waals surface area contributed by atoms with Crippen LogP contribution in [0.1, 0.15) is 25.5 Å². The number of nitrogens with one attached hydrogen (secondary N) is 1. The number of hydrogen-bond donors (Lipinski definition) is 1. The Bertz CT molecular complexity index is 306. The second kappa shape index (κ2) is 4.65. The lowest BCUT2D eigenvalue weighted by atomic mass is 10.2. The Morgan fingerprint density at radius 1 is 1.53 bits per heavy atom. The van der Waals surface area contributed by atoms with E-state index < -0.39 is 12.7 Å². The fourth-order valence-electron chi connectivity index (χ4n) is 1.30. The minimum atomic E-state index is -4.22. The zero-order valence-corrected chi connectivity index (χ0v) is 8.67. The van der Waals surface area contributed by atoms with Gasteiger partial charge >= 0.3 is 6.18 Å². The Morgan fingerprint density at radius 2 is 2.20 bits per heavy atom. The standard InChI is InChI=1S/C9H14F3N3/c1-3-13-7(2)8-4-14-15(5-8)6-9(10,11)12/h4-5,7,13H,3,6H2,1-2H3. The van der Waals surface area contributed by atoms with Gasteiger partial charge in [-0.05, 0) is 13.5 Å². The predicted octanol–water partition coefficient (Wildman–Crippen LogP) is 2.12. The first-order valence-corrected chi connectivity index (χ1v) is 4.75. The Balaban J connectivity index is 2.64. The summed E-state index contributed by atoms with van der Waals surface area (Å²) in [6, 6.07) is 0.0250. The zero-order valence-electron chi connectivity index (χ0n) is 8.67. The second-order valence-electron chi connectivity index (χ2n) is 3.37. The molecule has 86 valence electrons. The summed E-state index contributed by atoms with van der Waals surface area (Å²) in [5.74, 6) is 0. The van der Waals surface area contributed by atoms with Gasteiger partial charge in [-0.2, -0.15) is 18.3 Å². The molecule has 1 heterocycles. The van der Waals surface area contributed by atoms with E-state index in [0.29, 0.717) is 0 Å². The number of alkyl halides is 3. The molecule has 15 heavy (non-hydrogen) atoms. The highest BCUT2D eigenvalue weighted by Gasteiger charge is 2.28. The molecule has 0 spiro atoms. The summed E-state index contributed by atoms with van der Waals surface area (Å²) in [7, 11) is 0. The van der Waals surface area contributed by atoms with Gasteiger partial charge in [0.25, 0.3) is 0 Å². The van der Waals surface area contributed by atoms with E-state index in [0.717, 1.165) is 16.8 Å². The second-order valence-corrected chi connectivity index (χ2v) is 3.37. The maximum atomic E-state index is 12.0. The molecule has 0 aliphatic carbocycles. The number of rotatable bonds is 4. The van der Waals surface area contributed by atoms with Crippen molar-refractivity contribution in [3.8, 4) is 0 Å². The van der Waals surface area contributed by atoms with Crippen molar-refractivity contribution in [3.63, 3.8) is 0 Å². The molecular weight excluding hydrogens is 207 g/mol. The van der Waals surface area contributed by atoms with E-state index in [1.165, 1.54) is 12.4 Å². The van der Waals surface area contributed by atoms with Crippen LogP contribution in [-0.2, 0) is 6.54 Å². The maximum absolute atomic E-state index is 12.0. The van der Waals surface area contributed by atoms with Crippen molar-refractivity contribution in [2.24, 2.45) is 0 Å². The molecule has 1 rings (SSSR count). The van der Waals surface area contributed by atoms with Gasteiger partial charge in [-0.25, -0.2) is 0 Å². The lowest BCUT2D eigenvalue weighted by molar-refractivity contribution is -0.142. The first-order chi connectivity index (χ1) is 6.92. The SMILES string of the molecule is CCNC(C)c1cnn(CC(F)(F)F)c1. The van der Waals surface area contributed by atoms with E-state index >= 15 is 0 Å². The van der Waals surface area contributed by atoms with Gasteiger partial charge in [-0.15, -0.1) is 0 Å². The molecule has 0 saturated heterocycles. The summed E-state index contributed by atoms with van der Waals surface area (Å²) < 4.78 is 37.0. The fraction of sp³-hybridized carbons (Fsp3) is 0.667. The van der Waals surface area contributed by atoms with E-state index in [9.17, 15) is 13.2 Å². The highest BCUT2D eigenvalue weighted by atomic mass is 19.4. The van der Waals surface area contributed by atoms with E-state index in [-0.39, 0.29) is 6.04 Å². The number of nitrogens with zero attached hydrogens (tertiary/aromatic N) is 2. The van der Waals surface area contributed by atoms with Gasteiger partial charge in [0.1, 0.15) is 6.54 Å². The molecule has 6 heteroatoms. The van der Waals surface area contributed by atoms with Crippen LogP contribution in [0.2, 0.25) is 0 Å². The molecule has 1 atom stereocenters. The largest absolute Gasteiger partial charge is 0.408 e. The first kappa shape index (κ1) is 12.0. The smallest absolute Gasteiger partial charge is 0.310 e. The predicted molar refractivity (Wildman–Crippen MR) is 50.4 cm³/mol. The molecule has 0 aromatic carbocycles. The Labute approximate surface area is 86.3 Å². The van der Waals surface area contributed by atoms with Crippen LogP contribution in [0.4, 0.5) is 13.2 Å². The van der Waals surface area contributed by atoms with E-state index in [1.54, 1.807) is 0 Å².